The van der Waals surface area contributed by atoms with Crippen LogP contribution in [0.15, 0.2) is 58.1 Å². The van der Waals surface area contributed by atoms with E-state index in [1.165, 1.54) is 9.13 Å². The van der Waals surface area contributed by atoms with Gasteiger partial charge in [0.25, 0.3) is 11.5 Å². The zero-order chi connectivity index (χ0) is 25.8. The second kappa shape index (κ2) is 10.3. The number of nitriles is 1. The molecule has 1 amide bonds. The van der Waals surface area contributed by atoms with E-state index >= 15 is 0 Å². The number of ether oxygens (including phenoxy) is 1. The fourth-order valence-corrected chi connectivity index (χ4v) is 4.00. The summed E-state index contributed by atoms with van der Waals surface area (Å²) in [6.45, 7) is 4.64. The normalized spacial score (nSPS) is 11.8. The smallest absolute Gasteiger partial charge is 0.332 e. The predicted octanol–water partition coefficient (Wildman–Crippen LogP) is 2.85. The van der Waals surface area contributed by atoms with Crippen molar-refractivity contribution < 1.29 is 9.53 Å². The highest BCUT2D eigenvalue weighted by molar-refractivity contribution is 5.81. The summed E-state index contributed by atoms with van der Waals surface area (Å²) in [5, 5.41) is 8.97. The Morgan fingerprint density at radius 2 is 1.69 bits per heavy atom. The number of primary amides is 1. The van der Waals surface area contributed by atoms with Crippen molar-refractivity contribution in [1.82, 2.24) is 19.1 Å². The minimum atomic E-state index is -1.03. The number of carbonyl (C=O) groups is 1. The van der Waals surface area contributed by atoms with E-state index in [2.05, 4.69) is 9.97 Å². The third-order valence-corrected chi connectivity index (χ3v) is 5.74. The van der Waals surface area contributed by atoms with Crippen molar-refractivity contribution in [3.8, 4) is 23.2 Å². The molecule has 184 valence electrons. The molecule has 2 aromatic heterocycles. The van der Waals surface area contributed by atoms with Gasteiger partial charge in [0.15, 0.2) is 5.65 Å². The number of fused-ring (bicyclic) bond motifs is 1. The minimum Gasteiger partial charge on any atom is -0.476 e. The van der Waals surface area contributed by atoms with E-state index in [0.717, 1.165) is 0 Å². The molecule has 0 aliphatic rings. The number of imidazole rings is 1. The second-order valence-corrected chi connectivity index (χ2v) is 8.33. The van der Waals surface area contributed by atoms with Crippen molar-refractivity contribution in [2.24, 2.45) is 5.73 Å². The van der Waals surface area contributed by atoms with Crippen LogP contribution in [0.1, 0.15) is 43.9 Å². The number of aromatic nitrogens is 4. The Morgan fingerprint density at radius 1 is 1.06 bits per heavy atom. The Hall–Kier alpha value is -4.65. The lowest BCUT2D eigenvalue weighted by molar-refractivity contribution is -0.125. The van der Waals surface area contributed by atoms with E-state index in [-0.39, 0.29) is 11.2 Å². The van der Waals surface area contributed by atoms with E-state index < -0.39 is 17.6 Å². The van der Waals surface area contributed by atoms with Crippen molar-refractivity contribution in [3.05, 3.63) is 80.5 Å². The lowest BCUT2D eigenvalue weighted by atomic mass is 10.1. The maximum atomic E-state index is 13.0. The van der Waals surface area contributed by atoms with Crippen LogP contribution >= 0.6 is 0 Å². The van der Waals surface area contributed by atoms with Crippen molar-refractivity contribution in [2.45, 2.75) is 45.9 Å². The van der Waals surface area contributed by atoms with Crippen LogP contribution in [0, 0.1) is 11.3 Å². The molecule has 0 spiro atoms. The molecule has 36 heavy (non-hydrogen) atoms. The van der Waals surface area contributed by atoms with Crippen LogP contribution in [0.2, 0.25) is 0 Å². The topological polar surface area (TPSA) is 149 Å². The molecule has 1 atom stereocenters. The Kier molecular flexibility index (Phi) is 7.01. The largest absolute Gasteiger partial charge is 0.476 e. The summed E-state index contributed by atoms with van der Waals surface area (Å²) >= 11 is 0. The molecule has 0 fully saturated rings. The highest BCUT2D eigenvalue weighted by atomic mass is 16.5. The molecule has 10 nitrogen and oxygen atoms in total. The molecule has 10 heteroatoms. The third-order valence-electron chi connectivity index (χ3n) is 5.74. The first kappa shape index (κ1) is 24.5. The number of carbonyl (C=O) groups excluding carboxylic acids is 1. The first-order valence-electron chi connectivity index (χ1n) is 11.7. The molecule has 0 aliphatic carbocycles. The molecule has 2 heterocycles. The van der Waals surface area contributed by atoms with Crippen LogP contribution in [0.3, 0.4) is 0 Å². The third kappa shape index (κ3) is 4.63. The van der Waals surface area contributed by atoms with Gasteiger partial charge in [-0.15, -0.1) is 0 Å². The first-order chi connectivity index (χ1) is 17.4. The van der Waals surface area contributed by atoms with E-state index in [4.69, 9.17) is 15.7 Å². The molecule has 0 radical (unpaired) electrons. The van der Waals surface area contributed by atoms with Crippen LogP contribution in [0.25, 0.3) is 22.6 Å². The number of nitrogens with zero attached hydrogens (tertiary/aromatic N) is 4. The zero-order valence-corrected chi connectivity index (χ0v) is 20.0. The van der Waals surface area contributed by atoms with E-state index in [0.29, 0.717) is 59.8 Å². The van der Waals surface area contributed by atoms with Gasteiger partial charge < -0.3 is 15.5 Å². The summed E-state index contributed by atoms with van der Waals surface area (Å²) in [4.78, 5) is 45.5. The molecule has 0 aliphatic heterocycles. The number of H-pyrrole nitrogens is 1. The highest BCUT2D eigenvalue weighted by Crippen LogP contribution is 2.26. The predicted molar refractivity (Wildman–Crippen MR) is 134 cm³/mol. The lowest BCUT2D eigenvalue weighted by Crippen LogP contribution is -2.40. The van der Waals surface area contributed by atoms with E-state index in [9.17, 15) is 14.4 Å². The fourth-order valence-electron chi connectivity index (χ4n) is 4.00. The van der Waals surface area contributed by atoms with Crippen LogP contribution in [-0.2, 0) is 17.9 Å². The number of benzene rings is 2. The average Bonchev–Trinajstić information content (AvgIpc) is 3.33. The second-order valence-electron chi connectivity index (χ2n) is 8.33. The molecule has 1 unspecified atom stereocenters. The highest BCUT2D eigenvalue weighted by Gasteiger charge is 2.21. The molecule has 3 N–H and O–H groups in total. The van der Waals surface area contributed by atoms with Gasteiger partial charge in [-0.2, -0.15) is 5.26 Å². The number of hydrogen-bond donors (Lipinski definition) is 2. The summed E-state index contributed by atoms with van der Waals surface area (Å²) in [5.41, 5.74) is 7.05. The molecular weight excluding hydrogens is 460 g/mol. The fraction of sp³-hybridized carbons (Fsp3) is 0.269. The van der Waals surface area contributed by atoms with Crippen molar-refractivity contribution in [1.29, 1.82) is 5.26 Å². The van der Waals surface area contributed by atoms with E-state index in [1.807, 2.05) is 19.9 Å². The number of amides is 1. The maximum absolute atomic E-state index is 13.0. The monoisotopic (exact) mass is 486 g/mol. The van der Waals surface area contributed by atoms with Gasteiger partial charge in [-0.25, -0.2) is 9.78 Å². The van der Waals surface area contributed by atoms with Crippen molar-refractivity contribution in [3.63, 3.8) is 0 Å². The molecule has 4 rings (SSSR count). The van der Waals surface area contributed by atoms with Crippen molar-refractivity contribution in [2.75, 3.05) is 0 Å². The lowest BCUT2D eigenvalue weighted by Gasteiger charge is -2.16. The summed E-state index contributed by atoms with van der Waals surface area (Å²) < 4.78 is 8.59. The molecular formula is C26H26N6O4. The van der Waals surface area contributed by atoms with Gasteiger partial charge in [-0.1, -0.05) is 26.0 Å². The molecule has 0 bridgehead atoms. The van der Waals surface area contributed by atoms with Crippen molar-refractivity contribution >= 4 is 17.1 Å². The van der Waals surface area contributed by atoms with Gasteiger partial charge >= 0.3 is 5.69 Å². The molecule has 4 aromatic rings. The zero-order valence-electron chi connectivity index (χ0n) is 20.0. The van der Waals surface area contributed by atoms with Gasteiger partial charge in [0.1, 0.15) is 17.1 Å². The van der Waals surface area contributed by atoms with Gasteiger partial charge in [0, 0.05) is 24.2 Å². The Bertz CT molecular complexity index is 1560. The standard InChI is InChI=1S/C26H26N6O4/c1-3-13-31-24-20(25(34)32(14-4-2)26(31)35)29-23(30-24)18-9-11-19(12-10-18)36-21(22(28)33)17-7-5-16(15-27)6-8-17/h5-12,21H,3-4,13-14H2,1-2H3,(H2,28,33)(H,29,30). The Labute approximate surface area is 206 Å². The quantitative estimate of drug-likeness (QED) is 0.372. The summed E-state index contributed by atoms with van der Waals surface area (Å²) in [6, 6.07) is 15.2. The number of aromatic amines is 1. The number of aryl methyl sites for hydroxylation is 1. The first-order valence-corrected chi connectivity index (χ1v) is 11.7. The number of rotatable bonds is 9. The number of nitrogens with two attached hydrogens (primary N) is 1. The Morgan fingerprint density at radius 3 is 2.28 bits per heavy atom. The molecule has 0 saturated heterocycles. The SMILES string of the molecule is CCCn1c(=O)c2[nH]c(-c3ccc(OC(C(N)=O)c4ccc(C#N)cc4)cc3)nc2n(CCC)c1=O. The van der Waals surface area contributed by atoms with E-state index in [1.54, 1.807) is 48.5 Å². The summed E-state index contributed by atoms with van der Waals surface area (Å²) in [7, 11) is 0. The molecule has 2 aromatic carbocycles. The van der Waals surface area contributed by atoms with Gasteiger partial charge in [-0.05, 0) is 49.2 Å². The van der Waals surface area contributed by atoms with Gasteiger partial charge in [0.05, 0.1) is 11.6 Å². The van der Waals surface area contributed by atoms with Gasteiger partial charge in [0.2, 0.25) is 6.10 Å². The average molecular weight is 487 g/mol. The van der Waals surface area contributed by atoms with Crippen LogP contribution in [-0.4, -0.2) is 25.0 Å². The Balaban J connectivity index is 1.67. The summed E-state index contributed by atoms with van der Waals surface area (Å²) in [5.74, 6) is 0.167. The van der Waals surface area contributed by atoms with Crippen LogP contribution < -0.4 is 21.7 Å². The maximum Gasteiger partial charge on any atom is 0.332 e. The van der Waals surface area contributed by atoms with Crippen LogP contribution in [0.4, 0.5) is 0 Å². The van der Waals surface area contributed by atoms with Gasteiger partial charge in [-0.3, -0.25) is 18.7 Å². The summed E-state index contributed by atoms with van der Waals surface area (Å²) in [6.07, 6.45) is 0.341. The minimum absolute atomic E-state index is 0.279. The van der Waals surface area contributed by atoms with Crippen LogP contribution in [0.5, 0.6) is 5.75 Å². The molecule has 0 saturated carbocycles. The number of nitrogens with one attached hydrogen (secondary N) is 1. The number of hydrogen-bond acceptors (Lipinski definition) is 6.